The van der Waals surface area contributed by atoms with Crippen LogP contribution in [0.2, 0.25) is 0 Å². The Kier molecular flexibility index (Phi) is 5.79. The molecule has 196 valence electrons. The van der Waals surface area contributed by atoms with Crippen molar-refractivity contribution in [2.75, 3.05) is 0 Å². The molecule has 2 heterocycles. The van der Waals surface area contributed by atoms with E-state index in [0.29, 0.717) is 5.82 Å². The minimum absolute atomic E-state index is 0.709. The van der Waals surface area contributed by atoms with Gasteiger partial charge < -0.3 is 0 Å². The highest BCUT2D eigenvalue weighted by molar-refractivity contribution is 6.14. The lowest BCUT2D eigenvalue weighted by molar-refractivity contribution is 1.18. The molecule has 8 rings (SSSR count). The van der Waals surface area contributed by atoms with Crippen LogP contribution in [0.5, 0.6) is 0 Å². The first-order chi connectivity index (χ1) is 20.8. The number of aromatic nitrogens is 3. The molecule has 2 aromatic heterocycles. The second-order valence-electron chi connectivity index (χ2n) is 10.5. The normalized spacial score (nSPS) is 11.3. The van der Waals surface area contributed by atoms with Crippen molar-refractivity contribution in [3.05, 3.63) is 152 Å². The van der Waals surface area contributed by atoms with Crippen molar-refractivity contribution in [3.8, 4) is 45.0 Å². The molecule has 3 nitrogen and oxygen atoms in total. The van der Waals surface area contributed by atoms with Crippen LogP contribution in [-0.2, 0) is 0 Å². The van der Waals surface area contributed by atoms with Gasteiger partial charge in [-0.3, -0.25) is 0 Å². The smallest absolute Gasteiger partial charge is 0.160 e. The molecule has 8 aromatic rings. The maximum atomic E-state index is 5.04. The molecule has 0 fully saturated rings. The SMILES string of the molecule is c1ccc(-c2cc(-c3ccccc3)nc(-c3ccc(-c4cc5cc6ccccc6nc5c5ccccc45)cc3)n2)cc1. The molecule has 3 heteroatoms. The number of benzene rings is 6. The summed E-state index contributed by atoms with van der Waals surface area (Å²) in [5.74, 6) is 0.709. The van der Waals surface area contributed by atoms with Crippen molar-refractivity contribution in [2.24, 2.45) is 0 Å². The Labute approximate surface area is 243 Å². The predicted molar refractivity (Wildman–Crippen MR) is 174 cm³/mol. The first-order valence-corrected chi connectivity index (χ1v) is 14.1. The Morgan fingerprint density at radius 2 is 0.929 bits per heavy atom. The second-order valence-corrected chi connectivity index (χ2v) is 10.5. The maximum Gasteiger partial charge on any atom is 0.160 e. The average Bonchev–Trinajstić information content (AvgIpc) is 3.08. The molecule has 42 heavy (non-hydrogen) atoms. The van der Waals surface area contributed by atoms with Gasteiger partial charge in [0.15, 0.2) is 5.82 Å². The van der Waals surface area contributed by atoms with Gasteiger partial charge in [0.25, 0.3) is 0 Å². The van der Waals surface area contributed by atoms with Gasteiger partial charge in [-0.1, -0.05) is 127 Å². The zero-order chi connectivity index (χ0) is 27.9. The van der Waals surface area contributed by atoms with Crippen molar-refractivity contribution in [1.82, 2.24) is 15.0 Å². The maximum absolute atomic E-state index is 5.04. The summed E-state index contributed by atoms with van der Waals surface area (Å²) in [5.41, 5.74) is 9.30. The number of rotatable bonds is 4. The molecule has 0 unspecified atom stereocenters. The highest BCUT2D eigenvalue weighted by atomic mass is 14.9. The van der Waals surface area contributed by atoms with Crippen LogP contribution in [-0.4, -0.2) is 15.0 Å². The number of para-hydroxylation sites is 1. The van der Waals surface area contributed by atoms with Crippen molar-refractivity contribution in [3.63, 3.8) is 0 Å². The summed E-state index contributed by atoms with van der Waals surface area (Å²) in [4.78, 5) is 15.0. The van der Waals surface area contributed by atoms with Gasteiger partial charge in [0.1, 0.15) is 0 Å². The second kappa shape index (κ2) is 10.1. The quantitative estimate of drug-likeness (QED) is 0.166. The lowest BCUT2D eigenvalue weighted by Crippen LogP contribution is -1.96. The molecule has 0 aliphatic carbocycles. The highest BCUT2D eigenvalue weighted by Crippen LogP contribution is 2.36. The predicted octanol–water partition coefficient (Wildman–Crippen LogP) is 10.00. The van der Waals surface area contributed by atoms with Crippen LogP contribution in [0.3, 0.4) is 0 Å². The summed E-state index contributed by atoms with van der Waals surface area (Å²) in [6, 6.07) is 52.6. The summed E-state index contributed by atoms with van der Waals surface area (Å²) >= 11 is 0. The summed E-state index contributed by atoms with van der Waals surface area (Å²) in [6.45, 7) is 0. The van der Waals surface area contributed by atoms with Gasteiger partial charge in [-0.15, -0.1) is 0 Å². The Morgan fingerprint density at radius 3 is 1.62 bits per heavy atom. The average molecular weight is 536 g/mol. The third-order valence-electron chi connectivity index (χ3n) is 7.85. The Hall–Kier alpha value is -5.67. The summed E-state index contributed by atoms with van der Waals surface area (Å²) in [5, 5.41) is 4.63. The Bertz CT molecular complexity index is 2160. The lowest BCUT2D eigenvalue weighted by atomic mass is 9.94. The van der Waals surface area contributed by atoms with E-state index in [9.17, 15) is 0 Å². The van der Waals surface area contributed by atoms with Gasteiger partial charge in [-0.2, -0.15) is 0 Å². The minimum Gasteiger partial charge on any atom is -0.247 e. The van der Waals surface area contributed by atoms with E-state index in [1.807, 2.05) is 42.5 Å². The number of hydrogen-bond donors (Lipinski definition) is 0. The van der Waals surface area contributed by atoms with Crippen LogP contribution in [0.25, 0.3) is 77.6 Å². The number of nitrogens with zero attached hydrogens (tertiary/aromatic N) is 3. The van der Waals surface area contributed by atoms with E-state index in [-0.39, 0.29) is 0 Å². The molecule has 0 saturated heterocycles. The lowest BCUT2D eigenvalue weighted by Gasteiger charge is -2.13. The molecule has 0 radical (unpaired) electrons. The van der Waals surface area contributed by atoms with Crippen molar-refractivity contribution in [2.45, 2.75) is 0 Å². The molecule has 0 saturated carbocycles. The monoisotopic (exact) mass is 535 g/mol. The summed E-state index contributed by atoms with van der Waals surface area (Å²) < 4.78 is 0. The molecule has 0 aliphatic rings. The van der Waals surface area contributed by atoms with Crippen LogP contribution in [0.4, 0.5) is 0 Å². The van der Waals surface area contributed by atoms with E-state index in [1.165, 1.54) is 10.9 Å². The van der Waals surface area contributed by atoms with Gasteiger partial charge in [0.05, 0.1) is 22.4 Å². The largest absolute Gasteiger partial charge is 0.247 e. The minimum atomic E-state index is 0.709. The van der Waals surface area contributed by atoms with E-state index < -0.39 is 0 Å². The van der Waals surface area contributed by atoms with Crippen LogP contribution in [0, 0.1) is 0 Å². The fourth-order valence-electron chi connectivity index (χ4n) is 5.74. The number of fused-ring (bicyclic) bond motifs is 4. The molecule has 0 N–H and O–H groups in total. The highest BCUT2D eigenvalue weighted by Gasteiger charge is 2.13. The standard InChI is InChI=1S/C39H25N3/c1-3-11-27(12-4-1)36-25-37(28-13-5-2-6-14-28)42-39(41-36)29-21-19-26(20-22-29)34-24-31-23-30-15-7-10-18-35(30)40-38(31)33-17-9-8-16-32(33)34/h1-25H. The van der Waals surface area contributed by atoms with Crippen LogP contribution in [0.1, 0.15) is 0 Å². The molecule has 6 aromatic carbocycles. The van der Waals surface area contributed by atoms with E-state index in [2.05, 4.69) is 109 Å². The summed E-state index contributed by atoms with van der Waals surface area (Å²) in [6.07, 6.45) is 0. The van der Waals surface area contributed by atoms with Crippen LogP contribution >= 0.6 is 0 Å². The number of pyridine rings is 1. The zero-order valence-corrected chi connectivity index (χ0v) is 22.8. The first kappa shape index (κ1) is 24.2. The topological polar surface area (TPSA) is 38.7 Å². The van der Waals surface area contributed by atoms with Gasteiger partial charge in [-0.05, 0) is 40.8 Å². The Balaban J connectivity index is 1.26. The van der Waals surface area contributed by atoms with Gasteiger partial charge in [0, 0.05) is 32.8 Å². The first-order valence-electron chi connectivity index (χ1n) is 14.1. The van der Waals surface area contributed by atoms with E-state index in [4.69, 9.17) is 15.0 Å². The molecule has 0 atom stereocenters. The van der Waals surface area contributed by atoms with Gasteiger partial charge >= 0.3 is 0 Å². The fraction of sp³-hybridized carbons (Fsp3) is 0. The summed E-state index contributed by atoms with van der Waals surface area (Å²) in [7, 11) is 0. The third kappa shape index (κ3) is 4.29. The molecular formula is C39H25N3. The van der Waals surface area contributed by atoms with E-state index in [0.717, 1.165) is 60.8 Å². The molecule has 0 spiro atoms. The van der Waals surface area contributed by atoms with Gasteiger partial charge in [-0.25, -0.2) is 15.0 Å². The third-order valence-corrected chi connectivity index (χ3v) is 7.85. The Morgan fingerprint density at radius 1 is 0.357 bits per heavy atom. The fourth-order valence-corrected chi connectivity index (χ4v) is 5.74. The molecular weight excluding hydrogens is 510 g/mol. The molecule has 0 bridgehead atoms. The van der Waals surface area contributed by atoms with E-state index in [1.54, 1.807) is 0 Å². The van der Waals surface area contributed by atoms with Crippen molar-refractivity contribution in [1.29, 1.82) is 0 Å². The van der Waals surface area contributed by atoms with Crippen molar-refractivity contribution < 1.29 is 0 Å². The molecule has 0 amide bonds. The van der Waals surface area contributed by atoms with Gasteiger partial charge in [0.2, 0.25) is 0 Å². The number of hydrogen-bond acceptors (Lipinski definition) is 3. The van der Waals surface area contributed by atoms with Crippen LogP contribution in [0.15, 0.2) is 152 Å². The van der Waals surface area contributed by atoms with Crippen LogP contribution < -0.4 is 0 Å². The van der Waals surface area contributed by atoms with E-state index >= 15 is 0 Å². The van der Waals surface area contributed by atoms with Crippen molar-refractivity contribution >= 4 is 32.6 Å². The zero-order valence-electron chi connectivity index (χ0n) is 22.8. The molecule has 0 aliphatic heterocycles.